The molecule has 3 rings (SSSR count). The van der Waals surface area contributed by atoms with E-state index in [-0.39, 0.29) is 5.69 Å². The van der Waals surface area contributed by atoms with Gasteiger partial charge in [0.25, 0.3) is 0 Å². The fraction of sp³-hybridized carbons (Fsp3) is 0.438. The summed E-state index contributed by atoms with van der Waals surface area (Å²) in [7, 11) is -3.17. The molecule has 7 nitrogen and oxygen atoms in total. The third-order valence-electron chi connectivity index (χ3n) is 4.46. The fourth-order valence-electron chi connectivity index (χ4n) is 3.10. The number of aromatic nitrogens is 3. The molecule has 0 unspecified atom stereocenters. The number of aromatic carboxylic acids is 1. The van der Waals surface area contributed by atoms with E-state index < -0.39 is 15.8 Å². The highest BCUT2D eigenvalue weighted by Crippen LogP contribution is 2.40. The average molecular weight is 381 g/mol. The van der Waals surface area contributed by atoms with E-state index in [9.17, 15) is 13.2 Å². The SMILES string of the molecule is CS(=O)(=O)c1ccc([C@H]2CC[C@H](Sc3nn[nH]c3C(=O)O)CC2)cc1. The summed E-state index contributed by atoms with van der Waals surface area (Å²) in [4.78, 5) is 11.4. The molecule has 0 radical (unpaired) electrons. The Hall–Kier alpha value is -1.87. The molecule has 1 heterocycles. The molecule has 1 aromatic heterocycles. The lowest BCUT2D eigenvalue weighted by Crippen LogP contribution is -2.15. The quantitative estimate of drug-likeness (QED) is 0.818. The summed E-state index contributed by atoms with van der Waals surface area (Å²) in [6.07, 6.45) is 5.08. The van der Waals surface area contributed by atoms with Gasteiger partial charge in [0, 0.05) is 11.5 Å². The molecule has 1 aliphatic rings. The standard InChI is InChI=1S/C16H19N3O4S2/c1-25(22,23)13-8-4-11(5-9-13)10-2-6-12(7-3-10)24-15-14(16(20)21)17-19-18-15/h4-5,8-10,12H,2-3,6-7H2,1H3,(H,20,21)(H,17,18,19)/t10-,12-. The summed E-state index contributed by atoms with van der Waals surface area (Å²) in [6.45, 7) is 0. The molecule has 1 aliphatic carbocycles. The van der Waals surface area contributed by atoms with Crippen molar-refractivity contribution in [1.82, 2.24) is 15.4 Å². The number of hydrogen-bond donors (Lipinski definition) is 2. The van der Waals surface area contributed by atoms with Crippen LogP contribution in [0.4, 0.5) is 0 Å². The van der Waals surface area contributed by atoms with Crippen molar-refractivity contribution in [1.29, 1.82) is 0 Å². The molecule has 25 heavy (non-hydrogen) atoms. The Balaban J connectivity index is 1.60. The molecule has 0 amide bonds. The van der Waals surface area contributed by atoms with Crippen LogP contribution < -0.4 is 0 Å². The molecule has 9 heteroatoms. The minimum Gasteiger partial charge on any atom is -0.476 e. The van der Waals surface area contributed by atoms with Crippen molar-refractivity contribution in [2.75, 3.05) is 6.26 Å². The van der Waals surface area contributed by atoms with Gasteiger partial charge in [0.2, 0.25) is 0 Å². The number of thioether (sulfide) groups is 1. The van der Waals surface area contributed by atoms with E-state index in [1.807, 2.05) is 12.1 Å². The van der Waals surface area contributed by atoms with Gasteiger partial charge >= 0.3 is 5.97 Å². The number of nitrogens with one attached hydrogen (secondary N) is 1. The van der Waals surface area contributed by atoms with Gasteiger partial charge < -0.3 is 5.11 Å². The third kappa shape index (κ3) is 4.21. The molecule has 0 aliphatic heterocycles. The number of nitrogens with zero attached hydrogens (tertiary/aromatic N) is 2. The van der Waals surface area contributed by atoms with Crippen molar-refractivity contribution in [3.63, 3.8) is 0 Å². The van der Waals surface area contributed by atoms with E-state index in [0.29, 0.717) is 21.1 Å². The second-order valence-electron chi connectivity index (χ2n) is 6.23. The van der Waals surface area contributed by atoms with Gasteiger partial charge in [0.05, 0.1) is 4.90 Å². The molecule has 2 N–H and O–H groups in total. The van der Waals surface area contributed by atoms with Gasteiger partial charge in [-0.2, -0.15) is 0 Å². The first kappa shape index (κ1) is 17.9. The van der Waals surface area contributed by atoms with Crippen LogP contribution in [0.2, 0.25) is 0 Å². The van der Waals surface area contributed by atoms with Crippen molar-refractivity contribution in [3.05, 3.63) is 35.5 Å². The Morgan fingerprint density at radius 3 is 2.40 bits per heavy atom. The molecule has 1 fully saturated rings. The predicted octanol–water partition coefficient (Wildman–Crippen LogP) is 2.72. The summed E-state index contributed by atoms with van der Waals surface area (Å²) in [5.41, 5.74) is 1.20. The number of benzene rings is 1. The van der Waals surface area contributed by atoms with Crippen molar-refractivity contribution < 1.29 is 18.3 Å². The number of sulfone groups is 1. The van der Waals surface area contributed by atoms with Gasteiger partial charge in [0.15, 0.2) is 20.6 Å². The van der Waals surface area contributed by atoms with E-state index in [4.69, 9.17) is 5.11 Å². The Morgan fingerprint density at radius 1 is 1.20 bits per heavy atom. The van der Waals surface area contributed by atoms with Gasteiger partial charge in [-0.3, -0.25) is 5.10 Å². The van der Waals surface area contributed by atoms with E-state index in [1.54, 1.807) is 12.1 Å². The zero-order chi connectivity index (χ0) is 18.0. The molecular formula is C16H19N3O4S2. The zero-order valence-corrected chi connectivity index (χ0v) is 15.3. The highest BCUT2D eigenvalue weighted by atomic mass is 32.2. The third-order valence-corrected chi connectivity index (χ3v) is 6.90. The second-order valence-corrected chi connectivity index (χ2v) is 9.53. The van der Waals surface area contributed by atoms with E-state index in [2.05, 4.69) is 15.4 Å². The zero-order valence-electron chi connectivity index (χ0n) is 13.7. The summed E-state index contributed by atoms with van der Waals surface area (Å²) < 4.78 is 23.1. The van der Waals surface area contributed by atoms with Gasteiger partial charge in [-0.15, -0.1) is 5.10 Å². The van der Waals surface area contributed by atoms with E-state index in [0.717, 1.165) is 31.2 Å². The number of carboxylic acid groups (broad SMARTS) is 1. The number of rotatable bonds is 5. The predicted molar refractivity (Wildman–Crippen MR) is 93.7 cm³/mol. The number of hydrogen-bond acceptors (Lipinski definition) is 6. The topological polar surface area (TPSA) is 113 Å². The lowest BCUT2D eigenvalue weighted by Gasteiger charge is -2.28. The van der Waals surface area contributed by atoms with Gasteiger partial charge in [0.1, 0.15) is 0 Å². The number of carboxylic acids is 1. The summed E-state index contributed by atoms with van der Waals surface area (Å²) >= 11 is 1.46. The number of H-pyrrole nitrogens is 1. The maximum Gasteiger partial charge on any atom is 0.356 e. The minimum atomic E-state index is -3.17. The summed E-state index contributed by atoms with van der Waals surface area (Å²) in [5.74, 6) is -0.645. The lowest BCUT2D eigenvalue weighted by atomic mass is 9.84. The molecule has 0 bridgehead atoms. The maximum atomic E-state index is 11.5. The Kier molecular flexibility index (Phi) is 5.14. The first-order chi connectivity index (χ1) is 11.8. The molecule has 1 aromatic carbocycles. The van der Waals surface area contributed by atoms with Gasteiger partial charge in [-0.25, -0.2) is 13.2 Å². The van der Waals surface area contributed by atoms with Crippen LogP contribution in [0.3, 0.4) is 0 Å². The molecule has 2 aromatic rings. The van der Waals surface area contributed by atoms with Crippen LogP contribution in [-0.2, 0) is 9.84 Å². The van der Waals surface area contributed by atoms with Gasteiger partial charge in [-0.05, 0) is 49.3 Å². The number of carbonyl (C=O) groups is 1. The Bertz CT molecular complexity index is 854. The van der Waals surface area contributed by atoms with E-state index in [1.165, 1.54) is 18.0 Å². The smallest absolute Gasteiger partial charge is 0.356 e. The maximum absolute atomic E-state index is 11.5. The van der Waals surface area contributed by atoms with Crippen LogP contribution in [0, 0.1) is 0 Å². The molecule has 0 atom stereocenters. The van der Waals surface area contributed by atoms with Gasteiger partial charge in [-0.1, -0.05) is 29.1 Å². The highest BCUT2D eigenvalue weighted by Gasteiger charge is 2.26. The average Bonchev–Trinajstić information content (AvgIpc) is 3.03. The van der Waals surface area contributed by atoms with Crippen molar-refractivity contribution in [2.24, 2.45) is 0 Å². The normalized spacial score (nSPS) is 21.2. The minimum absolute atomic E-state index is 0.0449. The largest absolute Gasteiger partial charge is 0.476 e. The van der Waals surface area contributed by atoms with Crippen LogP contribution in [0.5, 0.6) is 0 Å². The Labute approximate surface area is 150 Å². The Morgan fingerprint density at radius 2 is 1.84 bits per heavy atom. The van der Waals surface area contributed by atoms with E-state index >= 15 is 0 Å². The molecular weight excluding hydrogens is 362 g/mol. The lowest BCUT2D eigenvalue weighted by molar-refractivity contribution is 0.0686. The monoisotopic (exact) mass is 381 g/mol. The van der Waals surface area contributed by atoms with Crippen molar-refractivity contribution >= 4 is 27.6 Å². The summed E-state index contributed by atoms with van der Waals surface area (Å²) in [5, 5.41) is 19.7. The van der Waals surface area contributed by atoms with Crippen LogP contribution >= 0.6 is 11.8 Å². The second kappa shape index (κ2) is 7.17. The van der Waals surface area contributed by atoms with Crippen LogP contribution in [0.1, 0.15) is 47.7 Å². The first-order valence-electron chi connectivity index (χ1n) is 7.95. The van der Waals surface area contributed by atoms with Crippen molar-refractivity contribution in [3.8, 4) is 0 Å². The van der Waals surface area contributed by atoms with Crippen LogP contribution in [0.15, 0.2) is 34.2 Å². The van der Waals surface area contributed by atoms with Crippen LogP contribution in [-0.4, -0.2) is 46.4 Å². The molecule has 0 saturated heterocycles. The number of aromatic amines is 1. The molecule has 0 spiro atoms. The molecule has 1 saturated carbocycles. The highest BCUT2D eigenvalue weighted by molar-refractivity contribution is 7.99. The molecule has 134 valence electrons. The fourth-order valence-corrected chi connectivity index (χ4v) is 4.89. The first-order valence-corrected chi connectivity index (χ1v) is 10.7. The summed E-state index contributed by atoms with van der Waals surface area (Å²) in [6, 6.07) is 7.13. The van der Waals surface area contributed by atoms with Crippen molar-refractivity contribution in [2.45, 2.75) is 46.8 Å². The van der Waals surface area contributed by atoms with Crippen LogP contribution in [0.25, 0.3) is 0 Å².